The number of benzene rings is 2. The maximum Gasteiger partial charge on any atom is 0.490 e. The van der Waals surface area contributed by atoms with Crippen LogP contribution in [0.2, 0.25) is 0 Å². The molecular weight excluding hydrogens is 698 g/mol. The molecule has 6 N–H and O–H groups in total. The number of aliphatic carboxylic acids is 2. The molecule has 0 spiro atoms. The summed E-state index contributed by atoms with van der Waals surface area (Å²) < 4.78 is 64.3. The summed E-state index contributed by atoms with van der Waals surface area (Å²) in [5.41, 5.74) is 2.87. The number of nitrogens with one attached hydrogen (secondary N) is 3. The van der Waals surface area contributed by atoms with Gasteiger partial charge in [0.15, 0.2) is 0 Å². The number of rotatable bonds is 16. The normalized spacial score (nSPS) is 12.0. The number of phenolic OH excluding ortho intramolecular Hbond substituents is 1. The largest absolute Gasteiger partial charge is 0.506 e. The van der Waals surface area contributed by atoms with Gasteiger partial charge in [-0.2, -0.15) is 26.3 Å². The predicted molar refractivity (Wildman–Crippen MR) is 176 cm³/mol. The average Bonchev–Trinajstić information content (AvgIpc) is 3.45. The number of H-pyrrole nitrogens is 1. The lowest BCUT2D eigenvalue weighted by molar-refractivity contribution is -0.193. The second-order valence-corrected chi connectivity index (χ2v) is 11.9. The summed E-state index contributed by atoms with van der Waals surface area (Å²) in [7, 11) is 0. The van der Waals surface area contributed by atoms with Gasteiger partial charge in [0, 0.05) is 38.6 Å². The van der Waals surface area contributed by atoms with E-state index in [4.69, 9.17) is 19.8 Å². The first kappa shape index (κ1) is 43.9. The number of phenols is 1. The molecule has 3 rings (SSSR count). The van der Waals surface area contributed by atoms with E-state index in [0.717, 1.165) is 60.5 Å². The highest BCUT2D eigenvalue weighted by Gasteiger charge is 2.38. The molecule has 3 aromatic rings. The minimum Gasteiger partial charge on any atom is -0.506 e. The summed E-state index contributed by atoms with van der Waals surface area (Å²) in [6.45, 7) is 8.21. The molecular formula is C32H42F6N4O7S. The number of hydrogen-bond acceptors (Lipinski definition) is 8. The molecule has 0 aliphatic rings. The van der Waals surface area contributed by atoms with Crippen molar-refractivity contribution in [3.05, 3.63) is 63.3 Å². The summed E-state index contributed by atoms with van der Waals surface area (Å²) in [4.78, 5) is 46.9. The van der Waals surface area contributed by atoms with Gasteiger partial charge in [-0.25, -0.2) is 9.59 Å². The highest BCUT2D eigenvalue weighted by Crippen LogP contribution is 2.27. The number of carboxylic acid groups (broad SMARTS) is 2. The van der Waals surface area contributed by atoms with Gasteiger partial charge in [0.2, 0.25) is 5.91 Å². The van der Waals surface area contributed by atoms with Crippen LogP contribution in [0.1, 0.15) is 50.7 Å². The van der Waals surface area contributed by atoms with Gasteiger partial charge in [-0.05, 0) is 49.9 Å². The molecule has 0 fully saturated rings. The zero-order chi connectivity index (χ0) is 37.9. The van der Waals surface area contributed by atoms with Crippen molar-refractivity contribution in [1.82, 2.24) is 20.5 Å². The summed E-state index contributed by atoms with van der Waals surface area (Å²) in [5, 5.41) is 30.5. The van der Waals surface area contributed by atoms with Crippen molar-refractivity contribution >= 4 is 39.4 Å². The number of halogens is 6. The Hall–Kier alpha value is -4.16. The van der Waals surface area contributed by atoms with Gasteiger partial charge in [0.1, 0.15) is 11.3 Å². The zero-order valence-corrected chi connectivity index (χ0v) is 28.3. The van der Waals surface area contributed by atoms with E-state index in [1.807, 2.05) is 12.1 Å². The van der Waals surface area contributed by atoms with E-state index < -0.39 is 24.3 Å². The lowest BCUT2D eigenvalue weighted by Gasteiger charge is -2.29. The van der Waals surface area contributed by atoms with Crippen LogP contribution in [0.3, 0.4) is 0 Å². The molecule has 0 aliphatic carbocycles. The molecule has 0 saturated heterocycles. The lowest BCUT2D eigenvalue weighted by atomic mass is 10.1. The minimum atomic E-state index is -5.08. The fourth-order valence-corrected chi connectivity index (χ4v) is 5.29. The number of unbranched alkanes of at least 4 members (excludes halogenated alkanes) is 1. The van der Waals surface area contributed by atoms with Crippen molar-refractivity contribution in [3.63, 3.8) is 0 Å². The van der Waals surface area contributed by atoms with Gasteiger partial charge in [-0.3, -0.25) is 14.5 Å². The Bertz CT molecular complexity index is 1510. The Balaban J connectivity index is 0.000000748. The predicted octanol–water partition coefficient (Wildman–Crippen LogP) is 5.32. The second-order valence-electron chi connectivity index (χ2n) is 10.9. The smallest absolute Gasteiger partial charge is 0.490 e. The molecule has 0 bridgehead atoms. The van der Waals surface area contributed by atoms with Crippen molar-refractivity contribution in [1.29, 1.82) is 0 Å². The first-order valence-electron chi connectivity index (χ1n) is 15.6. The van der Waals surface area contributed by atoms with Crippen molar-refractivity contribution in [2.75, 3.05) is 32.7 Å². The summed E-state index contributed by atoms with van der Waals surface area (Å²) in [6, 6.07) is 14.5. The van der Waals surface area contributed by atoms with Gasteiger partial charge in [-0.1, -0.05) is 67.5 Å². The fourth-order valence-electron chi connectivity index (χ4n) is 4.39. The molecule has 18 heteroatoms. The van der Waals surface area contributed by atoms with Crippen LogP contribution >= 0.6 is 11.3 Å². The molecule has 11 nitrogen and oxygen atoms in total. The van der Waals surface area contributed by atoms with Crippen LogP contribution in [0.4, 0.5) is 26.3 Å². The van der Waals surface area contributed by atoms with Gasteiger partial charge in [0.05, 0.1) is 4.70 Å². The molecule has 1 atom stereocenters. The van der Waals surface area contributed by atoms with E-state index in [1.165, 1.54) is 18.4 Å². The van der Waals surface area contributed by atoms with Gasteiger partial charge >= 0.3 is 29.2 Å². The van der Waals surface area contributed by atoms with Gasteiger partial charge < -0.3 is 30.9 Å². The molecule has 1 heterocycles. The number of carboxylic acids is 2. The standard InChI is InChI=1S/C28H40N4O3S.2C2HF3O2/c1-3-4-8-21(2)32(19-14-22-9-6-5-7-10-22)20-15-25(34)30-18-17-29-16-13-23-11-12-24(33)26-27(23)36-28(35)31-26;2*3-2(4,5)1(6)7/h5-7,9-12,21,29,33H,3-4,8,13-20H2,1-2H3,(H,30,34)(H,31,35);2*(H,6,7)/t21-;;/m1../s1. The number of nitrogens with zero attached hydrogens (tertiary/aromatic N) is 1. The molecule has 0 aliphatic heterocycles. The summed E-state index contributed by atoms with van der Waals surface area (Å²) >= 11 is 1.12. The Morgan fingerprint density at radius 2 is 1.50 bits per heavy atom. The molecule has 0 radical (unpaired) electrons. The van der Waals surface area contributed by atoms with E-state index in [-0.39, 0.29) is 16.5 Å². The zero-order valence-electron chi connectivity index (χ0n) is 27.5. The number of carbonyl (C=O) groups excluding carboxylic acids is 1. The van der Waals surface area contributed by atoms with Crippen LogP contribution in [0.25, 0.3) is 10.2 Å². The number of fused-ring (bicyclic) bond motifs is 1. The second kappa shape index (κ2) is 21.8. The van der Waals surface area contributed by atoms with E-state index in [0.29, 0.717) is 31.1 Å². The summed E-state index contributed by atoms with van der Waals surface area (Å²) in [6.07, 6.45) is -4.37. The molecule has 1 aromatic heterocycles. The molecule has 0 unspecified atom stereocenters. The molecule has 50 heavy (non-hydrogen) atoms. The van der Waals surface area contributed by atoms with Crippen molar-refractivity contribution in [2.24, 2.45) is 0 Å². The monoisotopic (exact) mass is 740 g/mol. The van der Waals surface area contributed by atoms with Crippen molar-refractivity contribution in [3.8, 4) is 5.75 Å². The summed E-state index contributed by atoms with van der Waals surface area (Å²) in [5.74, 6) is -5.33. The van der Waals surface area contributed by atoms with Crippen LogP contribution in [-0.4, -0.2) is 94.2 Å². The van der Waals surface area contributed by atoms with E-state index in [1.54, 1.807) is 6.07 Å². The molecule has 1 amide bonds. The van der Waals surface area contributed by atoms with Crippen molar-refractivity contribution < 1.29 is 56.0 Å². The number of aromatic hydroxyl groups is 1. The third kappa shape index (κ3) is 17.5. The van der Waals surface area contributed by atoms with Crippen LogP contribution < -0.4 is 15.5 Å². The van der Waals surface area contributed by atoms with Crippen LogP contribution in [0.5, 0.6) is 5.75 Å². The maximum absolute atomic E-state index is 12.5. The van der Waals surface area contributed by atoms with E-state index in [2.05, 4.69) is 58.6 Å². The Labute approximate surface area is 288 Å². The number of aromatic nitrogens is 1. The quantitative estimate of drug-likeness (QED) is 0.0840. The lowest BCUT2D eigenvalue weighted by Crippen LogP contribution is -2.39. The van der Waals surface area contributed by atoms with Crippen LogP contribution in [-0.2, 0) is 27.2 Å². The van der Waals surface area contributed by atoms with Crippen molar-refractivity contribution in [2.45, 2.75) is 70.8 Å². The molecule has 280 valence electrons. The minimum absolute atomic E-state index is 0.0848. The Morgan fingerprint density at radius 3 is 2.06 bits per heavy atom. The molecule has 0 saturated carbocycles. The topological polar surface area (TPSA) is 172 Å². The van der Waals surface area contributed by atoms with Crippen LogP contribution in [0, 0.1) is 0 Å². The highest BCUT2D eigenvalue weighted by atomic mass is 32.1. The number of hydrogen-bond donors (Lipinski definition) is 6. The SMILES string of the molecule is CCCC[C@@H](C)N(CCC(=O)NCCNCCc1ccc(O)c2[nH]c(=O)sc12)CCc1ccccc1.O=C(O)C(F)(F)F.O=C(O)C(F)(F)F. The first-order chi connectivity index (χ1) is 23.4. The fraction of sp³-hybridized carbons (Fsp3) is 0.500. The van der Waals surface area contributed by atoms with Gasteiger partial charge in [-0.15, -0.1) is 0 Å². The maximum atomic E-state index is 12.5. The van der Waals surface area contributed by atoms with Crippen LogP contribution in [0.15, 0.2) is 47.3 Å². The third-order valence-electron chi connectivity index (χ3n) is 7.07. The first-order valence-corrected chi connectivity index (χ1v) is 16.4. The molecule has 2 aromatic carbocycles. The highest BCUT2D eigenvalue weighted by molar-refractivity contribution is 7.16. The number of aromatic amines is 1. The number of alkyl halides is 6. The Morgan fingerprint density at radius 1 is 0.900 bits per heavy atom. The van der Waals surface area contributed by atoms with E-state index in [9.17, 15) is 41.0 Å². The number of carbonyl (C=O) groups is 3. The third-order valence-corrected chi connectivity index (χ3v) is 8.03. The Kier molecular flexibility index (Phi) is 19.1. The number of thiazole rings is 1. The van der Waals surface area contributed by atoms with Gasteiger partial charge in [0.25, 0.3) is 0 Å². The van der Waals surface area contributed by atoms with E-state index >= 15 is 0 Å². The number of amides is 1. The average molecular weight is 741 g/mol.